The fourth-order valence-corrected chi connectivity index (χ4v) is 2.23. The lowest BCUT2D eigenvalue weighted by Gasteiger charge is -2.29. The van der Waals surface area contributed by atoms with Gasteiger partial charge in [-0.15, -0.1) is 0 Å². The highest BCUT2D eigenvalue weighted by Gasteiger charge is 2.24. The molecular weight excluding hydrogens is 244 g/mol. The number of hydrogen-bond donors (Lipinski definition) is 0. The second-order valence-corrected chi connectivity index (χ2v) is 7.15. The van der Waals surface area contributed by atoms with E-state index in [4.69, 9.17) is 4.74 Å². The number of rotatable bonds is 5. The van der Waals surface area contributed by atoms with Gasteiger partial charge in [0.05, 0.1) is 0 Å². The van der Waals surface area contributed by atoms with Crippen LogP contribution in [0.5, 0.6) is 5.75 Å². The van der Waals surface area contributed by atoms with Crippen molar-refractivity contribution < 1.29 is 4.74 Å². The van der Waals surface area contributed by atoms with Gasteiger partial charge >= 0.3 is 0 Å². The van der Waals surface area contributed by atoms with Crippen molar-refractivity contribution in [3.8, 4) is 5.75 Å². The van der Waals surface area contributed by atoms with Crippen LogP contribution in [0.3, 0.4) is 0 Å². The molecule has 1 unspecified atom stereocenters. The first-order valence-corrected chi connectivity index (χ1v) is 7.61. The molecule has 0 spiro atoms. The first kappa shape index (κ1) is 16.8. The molecule has 20 heavy (non-hydrogen) atoms. The summed E-state index contributed by atoms with van der Waals surface area (Å²) in [6.45, 7) is 15.3. The Morgan fingerprint density at radius 3 is 2.00 bits per heavy atom. The summed E-state index contributed by atoms with van der Waals surface area (Å²) in [6, 6.07) is 8.57. The molecule has 112 valence electrons. The van der Waals surface area contributed by atoms with E-state index in [-0.39, 0.29) is 11.0 Å². The summed E-state index contributed by atoms with van der Waals surface area (Å²) < 4.78 is 6.01. The first-order chi connectivity index (χ1) is 9.19. The van der Waals surface area contributed by atoms with Crippen molar-refractivity contribution >= 4 is 0 Å². The second kappa shape index (κ2) is 6.47. The van der Waals surface area contributed by atoms with Crippen LogP contribution in [-0.4, -0.2) is 5.60 Å². The first-order valence-electron chi connectivity index (χ1n) is 7.61. The van der Waals surface area contributed by atoms with Gasteiger partial charge in [0.15, 0.2) is 0 Å². The molecule has 0 N–H and O–H groups in total. The minimum Gasteiger partial charge on any atom is -0.488 e. The molecule has 1 heteroatoms. The third-order valence-corrected chi connectivity index (χ3v) is 3.80. The van der Waals surface area contributed by atoms with Crippen molar-refractivity contribution in [2.45, 2.75) is 66.4 Å². The Labute approximate surface area is 125 Å². The average Bonchev–Trinajstić information content (AvgIpc) is 2.35. The fourth-order valence-electron chi connectivity index (χ4n) is 2.23. The fraction of sp³-hybridized carbons (Fsp3) is 0.579. The maximum atomic E-state index is 6.01. The van der Waals surface area contributed by atoms with Crippen LogP contribution < -0.4 is 4.74 Å². The molecule has 0 aliphatic carbocycles. The number of benzene rings is 1. The molecule has 0 amide bonds. The number of allylic oxidation sites excluding steroid dienone is 2. The summed E-state index contributed by atoms with van der Waals surface area (Å²) in [6.07, 6.45) is 5.42. The van der Waals surface area contributed by atoms with Gasteiger partial charge < -0.3 is 4.74 Å². The van der Waals surface area contributed by atoms with Crippen LogP contribution in [0.1, 0.15) is 66.4 Å². The molecule has 0 heterocycles. The Kier molecular flexibility index (Phi) is 5.44. The van der Waals surface area contributed by atoms with Crippen molar-refractivity contribution in [3.63, 3.8) is 0 Å². The topological polar surface area (TPSA) is 9.23 Å². The molecule has 1 aromatic rings. The van der Waals surface area contributed by atoms with E-state index in [1.807, 2.05) is 0 Å². The molecule has 1 rings (SSSR count). The minimum atomic E-state index is -0.103. The standard InChI is InChI=1S/C19H30O/c1-8-10-17(18(3,4)5)15-11-13-16(14-12-15)20-19(6,7)9-2/h8,10-14,17H,9H2,1-7H3/b10-8-. The van der Waals surface area contributed by atoms with Crippen molar-refractivity contribution in [2.75, 3.05) is 0 Å². The predicted octanol–water partition coefficient (Wildman–Crippen LogP) is 5.96. The molecule has 0 aliphatic rings. The summed E-state index contributed by atoms with van der Waals surface area (Å²) in [5.74, 6) is 1.38. The zero-order valence-corrected chi connectivity index (χ0v) is 14.2. The lowest BCUT2D eigenvalue weighted by Crippen LogP contribution is -2.26. The lowest BCUT2D eigenvalue weighted by molar-refractivity contribution is 0.105. The molecule has 0 saturated carbocycles. The Balaban J connectivity index is 2.95. The van der Waals surface area contributed by atoms with Crippen molar-refractivity contribution in [1.29, 1.82) is 0 Å². The molecule has 0 radical (unpaired) electrons. The van der Waals surface area contributed by atoms with Crippen LogP contribution in [0.4, 0.5) is 0 Å². The van der Waals surface area contributed by atoms with E-state index in [1.165, 1.54) is 5.56 Å². The summed E-state index contributed by atoms with van der Waals surface area (Å²) in [7, 11) is 0. The molecule has 0 bridgehead atoms. The van der Waals surface area contributed by atoms with Gasteiger partial charge in [-0.1, -0.05) is 52.0 Å². The third-order valence-electron chi connectivity index (χ3n) is 3.80. The van der Waals surface area contributed by atoms with Gasteiger partial charge in [-0.3, -0.25) is 0 Å². The Morgan fingerprint density at radius 2 is 1.60 bits per heavy atom. The Hall–Kier alpha value is -1.24. The minimum absolute atomic E-state index is 0.103. The maximum absolute atomic E-state index is 6.01. The average molecular weight is 274 g/mol. The summed E-state index contributed by atoms with van der Waals surface area (Å²) in [5, 5.41) is 0. The van der Waals surface area contributed by atoms with Gasteiger partial charge in [-0.2, -0.15) is 0 Å². The van der Waals surface area contributed by atoms with Crippen LogP contribution in [0.25, 0.3) is 0 Å². The third kappa shape index (κ3) is 4.70. The molecule has 0 saturated heterocycles. The summed E-state index contributed by atoms with van der Waals surface area (Å²) in [5.41, 5.74) is 1.46. The van der Waals surface area contributed by atoms with E-state index in [0.717, 1.165) is 12.2 Å². The maximum Gasteiger partial charge on any atom is 0.120 e. The van der Waals surface area contributed by atoms with Crippen LogP contribution in [-0.2, 0) is 0 Å². The van der Waals surface area contributed by atoms with Crippen LogP contribution in [0, 0.1) is 5.41 Å². The van der Waals surface area contributed by atoms with Crippen LogP contribution in [0.15, 0.2) is 36.4 Å². The van der Waals surface area contributed by atoms with E-state index < -0.39 is 0 Å². The van der Waals surface area contributed by atoms with Crippen LogP contribution in [0.2, 0.25) is 0 Å². The van der Waals surface area contributed by atoms with E-state index >= 15 is 0 Å². The zero-order valence-electron chi connectivity index (χ0n) is 14.2. The Morgan fingerprint density at radius 1 is 1.05 bits per heavy atom. The molecule has 1 nitrogen and oxygen atoms in total. The van der Waals surface area contributed by atoms with E-state index in [0.29, 0.717) is 5.92 Å². The van der Waals surface area contributed by atoms with Crippen LogP contribution >= 0.6 is 0 Å². The smallest absolute Gasteiger partial charge is 0.120 e. The number of hydrogen-bond acceptors (Lipinski definition) is 1. The normalized spacial score (nSPS) is 14.6. The highest BCUT2D eigenvalue weighted by molar-refractivity contribution is 5.33. The monoisotopic (exact) mass is 274 g/mol. The van der Waals surface area contributed by atoms with E-state index in [9.17, 15) is 0 Å². The van der Waals surface area contributed by atoms with Crippen molar-refractivity contribution in [1.82, 2.24) is 0 Å². The van der Waals surface area contributed by atoms with Gasteiger partial charge in [0.1, 0.15) is 11.4 Å². The quantitative estimate of drug-likeness (QED) is 0.602. The van der Waals surface area contributed by atoms with E-state index in [1.54, 1.807) is 0 Å². The molecule has 0 aromatic heterocycles. The van der Waals surface area contributed by atoms with Crippen molar-refractivity contribution in [2.24, 2.45) is 5.41 Å². The molecule has 1 atom stereocenters. The lowest BCUT2D eigenvalue weighted by atomic mass is 9.76. The summed E-state index contributed by atoms with van der Waals surface area (Å²) >= 11 is 0. The Bertz CT molecular complexity index is 432. The predicted molar refractivity (Wildman–Crippen MR) is 88.5 cm³/mol. The van der Waals surface area contributed by atoms with Gasteiger partial charge in [0.25, 0.3) is 0 Å². The van der Waals surface area contributed by atoms with Gasteiger partial charge in [0, 0.05) is 5.92 Å². The second-order valence-electron chi connectivity index (χ2n) is 7.15. The van der Waals surface area contributed by atoms with Gasteiger partial charge in [-0.25, -0.2) is 0 Å². The molecule has 1 aromatic carbocycles. The highest BCUT2D eigenvalue weighted by atomic mass is 16.5. The molecule has 0 fully saturated rings. The molecular formula is C19H30O. The van der Waals surface area contributed by atoms with Gasteiger partial charge in [0.2, 0.25) is 0 Å². The van der Waals surface area contributed by atoms with Gasteiger partial charge in [-0.05, 0) is 50.3 Å². The highest BCUT2D eigenvalue weighted by Crippen LogP contribution is 2.37. The number of ether oxygens (including phenoxy) is 1. The molecule has 0 aliphatic heterocycles. The zero-order chi connectivity index (χ0) is 15.4. The van der Waals surface area contributed by atoms with Crippen molar-refractivity contribution in [3.05, 3.63) is 42.0 Å². The largest absolute Gasteiger partial charge is 0.488 e. The summed E-state index contributed by atoms with van der Waals surface area (Å²) in [4.78, 5) is 0. The SMILES string of the molecule is C/C=C\C(c1ccc(OC(C)(C)CC)cc1)C(C)(C)C. The van der Waals surface area contributed by atoms with E-state index in [2.05, 4.69) is 84.9 Å².